The van der Waals surface area contributed by atoms with Gasteiger partial charge in [-0.05, 0) is 55.2 Å². The second-order valence-corrected chi connectivity index (χ2v) is 8.45. The number of hydrogen-bond donors (Lipinski definition) is 2. The molecule has 0 saturated carbocycles. The molecule has 0 atom stereocenters. The lowest BCUT2D eigenvalue weighted by Gasteiger charge is -2.31. The van der Waals surface area contributed by atoms with Crippen molar-refractivity contribution in [3.05, 3.63) is 94.0 Å². The molecule has 2 N–H and O–H groups in total. The highest BCUT2D eigenvalue weighted by atomic mass is 16.6. The van der Waals surface area contributed by atoms with Crippen LogP contribution in [0, 0.1) is 16.0 Å². The Morgan fingerprint density at radius 1 is 0.853 bits per heavy atom. The number of amides is 2. The quantitative estimate of drug-likeness (QED) is 0.383. The second kappa shape index (κ2) is 10.2. The molecule has 174 valence electrons. The van der Waals surface area contributed by atoms with E-state index in [1.165, 1.54) is 6.07 Å². The maximum Gasteiger partial charge on any atom is 0.293 e. The van der Waals surface area contributed by atoms with Gasteiger partial charge >= 0.3 is 0 Å². The Hall–Kier alpha value is -4.20. The number of nitrogens with zero attached hydrogens (tertiary/aromatic N) is 2. The summed E-state index contributed by atoms with van der Waals surface area (Å²) in [6, 6.07) is 20.1. The first-order valence-corrected chi connectivity index (χ1v) is 11.2. The third-order valence-corrected chi connectivity index (χ3v) is 6.02. The maximum atomic E-state index is 13.0. The summed E-state index contributed by atoms with van der Waals surface area (Å²) in [5, 5.41) is 17.3. The first kappa shape index (κ1) is 23.0. The highest BCUT2D eigenvalue weighted by Gasteiger charge is 2.25. The van der Waals surface area contributed by atoms with E-state index < -0.39 is 10.8 Å². The number of nitro groups is 1. The van der Waals surface area contributed by atoms with Gasteiger partial charge in [-0.1, -0.05) is 37.3 Å². The minimum atomic E-state index is -0.497. The predicted octanol–water partition coefficient (Wildman–Crippen LogP) is 5.34. The van der Waals surface area contributed by atoms with Crippen LogP contribution >= 0.6 is 0 Å². The van der Waals surface area contributed by atoms with Crippen molar-refractivity contribution in [1.29, 1.82) is 0 Å². The first-order valence-electron chi connectivity index (χ1n) is 11.2. The molecule has 1 saturated heterocycles. The van der Waals surface area contributed by atoms with E-state index in [0.717, 1.165) is 25.9 Å². The summed E-state index contributed by atoms with van der Waals surface area (Å²) in [6.45, 7) is 3.68. The second-order valence-electron chi connectivity index (χ2n) is 8.45. The van der Waals surface area contributed by atoms with E-state index >= 15 is 0 Å². The Labute approximate surface area is 197 Å². The van der Waals surface area contributed by atoms with Crippen LogP contribution in [-0.2, 0) is 0 Å². The lowest BCUT2D eigenvalue weighted by atomic mass is 9.98. The topological polar surface area (TPSA) is 105 Å². The molecule has 0 aromatic heterocycles. The smallest absolute Gasteiger partial charge is 0.293 e. The zero-order valence-corrected chi connectivity index (χ0v) is 18.9. The van der Waals surface area contributed by atoms with Gasteiger partial charge in [-0.3, -0.25) is 19.7 Å². The van der Waals surface area contributed by atoms with Crippen LogP contribution in [0.4, 0.5) is 22.7 Å². The fraction of sp³-hybridized carbons (Fsp3) is 0.231. The molecule has 3 aromatic rings. The van der Waals surface area contributed by atoms with Crippen molar-refractivity contribution >= 4 is 34.6 Å². The molecule has 1 aliphatic rings. The zero-order chi connectivity index (χ0) is 24.1. The molecule has 3 aromatic carbocycles. The van der Waals surface area contributed by atoms with E-state index in [0.29, 0.717) is 28.5 Å². The monoisotopic (exact) mass is 458 g/mol. The molecule has 34 heavy (non-hydrogen) atoms. The van der Waals surface area contributed by atoms with E-state index in [1.54, 1.807) is 60.7 Å². The Balaban J connectivity index is 1.53. The predicted molar refractivity (Wildman–Crippen MR) is 132 cm³/mol. The van der Waals surface area contributed by atoms with Gasteiger partial charge in [-0.25, -0.2) is 0 Å². The summed E-state index contributed by atoms with van der Waals surface area (Å²) in [6.07, 6.45) is 1.95. The van der Waals surface area contributed by atoms with E-state index in [1.807, 2.05) is 11.0 Å². The molecule has 0 spiro atoms. The van der Waals surface area contributed by atoms with Gasteiger partial charge in [0.05, 0.1) is 16.3 Å². The van der Waals surface area contributed by atoms with Crippen molar-refractivity contribution in [3.63, 3.8) is 0 Å². The Morgan fingerprint density at radius 3 is 2.00 bits per heavy atom. The molecule has 8 nitrogen and oxygen atoms in total. The third-order valence-electron chi connectivity index (χ3n) is 6.02. The number of carbonyl (C=O) groups excluding carboxylic acids is 2. The van der Waals surface area contributed by atoms with Crippen LogP contribution in [0.1, 0.15) is 40.5 Å². The van der Waals surface area contributed by atoms with Crippen molar-refractivity contribution < 1.29 is 14.5 Å². The fourth-order valence-electron chi connectivity index (χ4n) is 4.01. The van der Waals surface area contributed by atoms with Crippen LogP contribution in [-0.4, -0.2) is 29.8 Å². The Bertz CT molecular complexity index is 1200. The molecule has 0 aliphatic carbocycles. The van der Waals surface area contributed by atoms with Crippen molar-refractivity contribution in [2.75, 3.05) is 28.6 Å². The number of nitrogens with one attached hydrogen (secondary N) is 2. The van der Waals surface area contributed by atoms with Crippen molar-refractivity contribution in [1.82, 2.24) is 0 Å². The van der Waals surface area contributed by atoms with Gasteiger partial charge in [0.2, 0.25) is 0 Å². The summed E-state index contributed by atoms with van der Waals surface area (Å²) >= 11 is 0. The molecule has 0 unspecified atom stereocenters. The molecule has 1 fully saturated rings. The summed E-state index contributed by atoms with van der Waals surface area (Å²) in [4.78, 5) is 38.8. The van der Waals surface area contributed by atoms with Gasteiger partial charge in [0.15, 0.2) is 0 Å². The highest BCUT2D eigenvalue weighted by molar-refractivity contribution is 6.10. The van der Waals surface area contributed by atoms with Crippen LogP contribution in [0.25, 0.3) is 0 Å². The molecule has 0 radical (unpaired) electrons. The lowest BCUT2D eigenvalue weighted by Crippen LogP contribution is -2.33. The first-order chi connectivity index (χ1) is 16.4. The minimum Gasteiger partial charge on any atom is -0.366 e. The molecular formula is C26H26N4O4. The number of para-hydroxylation sites is 2. The number of carbonyl (C=O) groups is 2. The van der Waals surface area contributed by atoms with E-state index in [2.05, 4.69) is 17.6 Å². The fourth-order valence-corrected chi connectivity index (χ4v) is 4.01. The standard InChI is InChI=1S/C26H26N4O4/c1-18-13-15-29(16-14-18)23-12-11-20(17-24(23)30(33)34)26(32)28-22-10-6-5-9-21(22)27-25(31)19-7-3-2-4-8-19/h2-12,17-18H,13-16H2,1H3,(H,27,31)(H,28,32). The molecule has 1 heterocycles. The van der Waals surface area contributed by atoms with Gasteiger partial charge in [0, 0.05) is 30.3 Å². The number of hydrogen-bond acceptors (Lipinski definition) is 5. The number of rotatable bonds is 6. The molecule has 4 rings (SSSR count). The average Bonchev–Trinajstić information content (AvgIpc) is 2.86. The zero-order valence-electron chi connectivity index (χ0n) is 18.9. The summed E-state index contributed by atoms with van der Waals surface area (Å²) in [7, 11) is 0. The lowest BCUT2D eigenvalue weighted by molar-refractivity contribution is -0.384. The third kappa shape index (κ3) is 5.23. The van der Waals surface area contributed by atoms with Gasteiger partial charge in [0.1, 0.15) is 5.69 Å². The normalized spacial score (nSPS) is 13.9. The number of anilines is 3. The highest BCUT2D eigenvalue weighted by Crippen LogP contribution is 2.33. The Morgan fingerprint density at radius 2 is 1.41 bits per heavy atom. The number of benzene rings is 3. The molecular weight excluding hydrogens is 432 g/mol. The van der Waals surface area contributed by atoms with E-state index in [-0.39, 0.29) is 17.2 Å². The van der Waals surface area contributed by atoms with Gasteiger partial charge < -0.3 is 15.5 Å². The van der Waals surface area contributed by atoms with Gasteiger partial charge in [0.25, 0.3) is 17.5 Å². The molecule has 0 bridgehead atoms. The van der Waals surface area contributed by atoms with Crippen LogP contribution in [0.5, 0.6) is 0 Å². The molecule has 1 aliphatic heterocycles. The molecule has 8 heteroatoms. The van der Waals surface area contributed by atoms with Crippen molar-refractivity contribution in [2.45, 2.75) is 19.8 Å². The Kier molecular flexibility index (Phi) is 6.87. The van der Waals surface area contributed by atoms with Crippen LogP contribution in [0.15, 0.2) is 72.8 Å². The number of piperidine rings is 1. The van der Waals surface area contributed by atoms with Gasteiger partial charge in [-0.2, -0.15) is 0 Å². The van der Waals surface area contributed by atoms with E-state index in [9.17, 15) is 19.7 Å². The minimum absolute atomic E-state index is 0.0899. The summed E-state index contributed by atoms with van der Waals surface area (Å²) in [5.74, 6) is -0.204. The van der Waals surface area contributed by atoms with E-state index in [4.69, 9.17) is 0 Å². The van der Waals surface area contributed by atoms with Gasteiger partial charge in [-0.15, -0.1) is 0 Å². The van der Waals surface area contributed by atoms with Crippen LogP contribution in [0.3, 0.4) is 0 Å². The summed E-state index contributed by atoms with van der Waals surface area (Å²) < 4.78 is 0. The SMILES string of the molecule is CC1CCN(c2ccc(C(=O)Nc3ccccc3NC(=O)c3ccccc3)cc2[N+](=O)[O-])CC1. The summed E-state index contributed by atoms with van der Waals surface area (Å²) in [5.41, 5.74) is 1.93. The average molecular weight is 459 g/mol. The maximum absolute atomic E-state index is 13.0. The van der Waals surface area contributed by atoms with Crippen LogP contribution < -0.4 is 15.5 Å². The molecule has 2 amide bonds. The number of nitro benzene ring substituents is 1. The van der Waals surface area contributed by atoms with Crippen molar-refractivity contribution in [3.8, 4) is 0 Å². The van der Waals surface area contributed by atoms with Crippen LogP contribution in [0.2, 0.25) is 0 Å². The largest absolute Gasteiger partial charge is 0.366 e. The van der Waals surface area contributed by atoms with Crippen molar-refractivity contribution in [2.24, 2.45) is 5.92 Å².